The van der Waals surface area contributed by atoms with Gasteiger partial charge in [-0.1, -0.05) is 6.08 Å². The van der Waals surface area contributed by atoms with Crippen LogP contribution < -0.4 is 0 Å². The van der Waals surface area contributed by atoms with Gasteiger partial charge in [-0.3, -0.25) is 4.79 Å². The molecule has 0 atom stereocenters. The van der Waals surface area contributed by atoms with E-state index in [1.165, 1.54) is 17.4 Å². The number of hydrogen-bond donors (Lipinski definition) is 0. The first-order valence-corrected chi connectivity index (χ1v) is 5.82. The number of Topliss-reactive ketones (excluding diaryl/α,β-unsaturated/α-hetero) is 1. The minimum absolute atomic E-state index is 0.191. The molecule has 0 radical (unpaired) electrons. The predicted octanol–water partition coefficient (Wildman–Crippen LogP) is 2.81. The lowest BCUT2D eigenvalue weighted by molar-refractivity contribution is -0.136. The maximum Gasteiger partial charge on any atom is 0.330 e. The second kappa shape index (κ2) is 5.82. The summed E-state index contributed by atoms with van der Waals surface area (Å²) >= 11 is 4.57. The molecule has 80 valence electrons. The van der Waals surface area contributed by atoms with Crippen LogP contribution in [0.2, 0.25) is 0 Å². The molecule has 0 amide bonds. The van der Waals surface area contributed by atoms with Crippen LogP contribution in [0.1, 0.15) is 16.6 Å². The third-order valence-electron chi connectivity index (χ3n) is 1.50. The van der Waals surface area contributed by atoms with Gasteiger partial charge in [0.15, 0.2) is 6.61 Å². The van der Waals surface area contributed by atoms with Crippen LogP contribution in [-0.2, 0) is 9.53 Å². The average Bonchev–Trinajstić information content (AvgIpc) is 2.62. The summed E-state index contributed by atoms with van der Waals surface area (Å²) in [5.41, 5.74) is 0. The Labute approximate surface area is 99.9 Å². The Bertz CT molecular complexity index is 395. The molecular formula is C10H9BrO3S. The normalized spacial score (nSPS) is 10.5. The Balaban J connectivity index is 2.47. The minimum atomic E-state index is -0.499. The van der Waals surface area contributed by atoms with E-state index < -0.39 is 5.97 Å². The molecule has 0 aromatic carbocycles. The highest BCUT2D eigenvalue weighted by Gasteiger charge is 2.10. The van der Waals surface area contributed by atoms with Crippen LogP contribution in [0, 0.1) is 0 Å². The zero-order chi connectivity index (χ0) is 11.3. The highest BCUT2D eigenvalue weighted by atomic mass is 79.9. The van der Waals surface area contributed by atoms with E-state index >= 15 is 0 Å². The first-order chi connectivity index (χ1) is 7.13. The number of ketones is 1. The summed E-state index contributed by atoms with van der Waals surface area (Å²) in [5, 5.41) is 0. The van der Waals surface area contributed by atoms with Crippen LogP contribution in [0.3, 0.4) is 0 Å². The van der Waals surface area contributed by atoms with Crippen LogP contribution in [0.15, 0.2) is 28.1 Å². The number of rotatable bonds is 4. The fraction of sp³-hybridized carbons (Fsp3) is 0.200. The van der Waals surface area contributed by atoms with Crippen molar-refractivity contribution in [3.05, 3.63) is 32.9 Å². The van der Waals surface area contributed by atoms with Crippen molar-refractivity contribution in [1.29, 1.82) is 0 Å². The van der Waals surface area contributed by atoms with Crippen molar-refractivity contribution < 1.29 is 14.3 Å². The van der Waals surface area contributed by atoms with E-state index in [1.807, 2.05) is 0 Å². The zero-order valence-electron chi connectivity index (χ0n) is 8.03. The predicted molar refractivity (Wildman–Crippen MR) is 62.1 cm³/mol. The van der Waals surface area contributed by atoms with E-state index in [9.17, 15) is 9.59 Å². The largest absolute Gasteiger partial charge is 0.454 e. The topological polar surface area (TPSA) is 43.4 Å². The number of allylic oxidation sites excluding steroid dienone is 1. The molecule has 5 heteroatoms. The summed E-state index contributed by atoms with van der Waals surface area (Å²) in [5.74, 6) is -0.690. The Morgan fingerprint density at radius 2 is 2.27 bits per heavy atom. The molecule has 3 nitrogen and oxygen atoms in total. The van der Waals surface area contributed by atoms with Crippen LogP contribution in [0.4, 0.5) is 0 Å². The molecule has 0 bridgehead atoms. The van der Waals surface area contributed by atoms with E-state index in [2.05, 4.69) is 15.9 Å². The number of hydrogen-bond acceptors (Lipinski definition) is 4. The molecule has 0 saturated carbocycles. The summed E-state index contributed by atoms with van der Waals surface area (Å²) in [6.07, 6.45) is 2.84. The van der Waals surface area contributed by atoms with Crippen molar-refractivity contribution in [3.63, 3.8) is 0 Å². The molecule has 0 fully saturated rings. The first-order valence-electron chi connectivity index (χ1n) is 4.21. The van der Waals surface area contributed by atoms with Crippen molar-refractivity contribution in [3.8, 4) is 0 Å². The van der Waals surface area contributed by atoms with Gasteiger partial charge in [-0.05, 0) is 35.0 Å². The maximum atomic E-state index is 11.5. The summed E-state index contributed by atoms with van der Waals surface area (Å²) in [4.78, 5) is 23.0. The van der Waals surface area contributed by atoms with E-state index in [0.717, 1.165) is 3.79 Å². The van der Waals surface area contributed by atoms with Gasteiger partial charge in [0.1, 0.15) is 0 Å². The van der Waals surface area contributed by atoms with Crippen molar-refractivity contribution in [1.82, 2.24) is 0 Å². The Kier molecular flexibility index (Phi) is 4.71. The van der Waals surface area contributed by atoms with Crippen LogP contribution in [0.5, 0.6) is 0 Å². The summed E-state index contributed by atoms with van der Waals surface area (Å²) in [7, 11) is 0. The number of carbonyl (C=O) groups is 2. The Morgan fingerprint density at radius 1 is 1.53 bits per heavy atom. The van der Waals surface area contributed by atoms with Crippen LogP contribution in [-0.4, -0.2) is 18.4 Å². The molecule has 0 aliphatic heterocycles. The average molecular weight is 289 g/mol. The fourth-order valence-corrected chi connectivity index (χ4v) is 2.17. The second-order valence-corrected chi connectivity index (χ2v) is 5.10. The molecule has 0 saturated heterocycles. The number of carbonyl (C=O) groups excluding carboxylic acids is 2. The lowest BCUT2D eigenvalue weighted by Crippen LogP contribution is -2.11. The Hall–Kier alpha value is -0.940. The van der Waals surface area contributed by atoms with Gasteiger partial charge < -0.3 is 4.74 Å². The van der Waals surface area contributed by atoms with E-state index in [-0.39, 0.29) is 12.4 Å². The molecule has 0 aliphatic rings. The van der Waals surface area contributed by atoms with Gasteiger partial charge in [0, 0.05) is 6.08 Å². The van der Waals surface area contributed by atoms with Gasteiger partial charge in [0.2, 0.25) is 5.78 Å². The van der Waals surface area contributed by atoms with Gasteiger partial charge in [-0.15, -0.1) is 11.3 Å². The Morgan fingerprint density at radius 3 is 2.80 bits per heavy atom. The molecule has 1 aromatic rings. The number of ether oxygens (including phenoxy) is 1. The quantitative estimate of drug-likeness (QED) is 0.486. The number of thiophene rings is 1. The van der Waals surface area contributed by atoms with Crippen molar-refractivity contribution in [2.45, 2.75) is 6.92 Å². The fourth-order valence-electron chi connectivity index (χ4n) is 0.856. The summed E-state index contributed by atoms with van der Waals surface area (Å²) in [6.45, 7) is 1.50. The lowest BCUT2D eigenvalue weighted by atomic mass is 10.3. The number of esters is 1. The summed E-state index contributed by atoms with van der Waals surface area (Å²) < 4.78 is 5.60. The van der Waals surface area contributed by atoms with Gasteiger partial charge in [-0.25, -0.2) is 4.79 Å². The van der Waals surface area contributed by atoms with Crippen molar-refractivity contribution in [2.24, 2.45) is 0 Å². The van der Waals surface area contributed by atoms with E-state index in [0.29, 0.717) is 4.88 Å². The zero-order valence-corrected chi connectivity index (χ0v) is 10.4. The standard InChI is InChI=1S/C10H9BrO3S/c1-2-3-10(13)14-6-7(12)8-4-5-9(11)15-8/h2-5H,6H2,1H3/b3-2+. The third kappa shape index (κ3) is 3.97. The monoisotopic (exact) mass is 288 g/mol. The SMILES string of the molecule is C/C=C/C(=O)OCC(=O)c1ccc(Br)s1. The molecule has 15 heavy (non-hydrogen) atoms. The first kappa shape index (κ1) is 12.1. The van der Waals surface area contributed by atoms with Gasteiger partial charge in [-0.2, -0.15) is 0 Å². The van der Waals surface area contributed by atoms with Gasteiger partial charge in [0.25, 0.3) is 0 Å². The highest BCUT2D eigenvalue weighted by Crippen LogP contribution is 2.22. The third-order valence-corrected chi connectivity index (χ3v) is 3.16. The molecule has 1 rings (SSSR count). The van der Waals surface area contributed by atoms with Gasteiger partial charge in [0.05, 0.1) is 8.66 Å². The van der Waals surface area contributed by atoms with Crippen molar-refractivity contribution >= 4 is 39.0 Å². The van der Waals surface area contributed by atoms with Crippen molar-refractivity contribution in [2.75, 3.05) is 6.61 Å². The van der Waals surface area contributed by atoms with E-state index in [1.54, 1.807) is 25.1 Å². The molecule has 0 unspecified atom stereocenters. The molecule has 1 aromatic heterocycles. The molecule has 0 spiro atoms. The molecular weight excluding hydrogens is 280 g/mol. The smallest absolute Gasteiger partial charge is 0.330 e. The minimum Gasteiger partial charge on any atom is -0.454 e. The van der Waals surface area contributed by atoms with E-state index in [4.69, 9.17) is 4.74 Å². The molecule has 0 aliphatic carbocycles. The second-order valence-electron chi connectivity index (χ2n) is 2.63. The lowest BCUT2D eigenvalue weighted by Gasteiger charge is -1.98. The molecule has 0 N–H and O–H groups in total. The summed E-state index contributed by atoms with van der Waals surface area (Å²) in [6, 6.07) is 3.48. The number of halogens is 1. The van der Waals surface area contributed by atoms with Crippen LogP contribution >= 0.6 is 27.3 Å². The molecule has 1 heterocycles. The maximum absolute atomic E-state index is 11.5. The highest BCUT2D eigenvalue weighted by molar-refractivity contribution is 9.11. The van der Waals surface area contributed by atoms with Gasteiger partial charge >= 0.3 is 5.97 Å². The van der Waals surface area contributed by atoms with Crippen LogP contribution in [0.25, 0.3) is 0 Å².